The molecule has 0 bridgehead atoms. The molecule has 30 heavy (non-hydrogen) atoms. The number of fused-ring (bicyclic) bond motifs is 1. The molecule has 1 atom stereocenters. The molecule has 1 N–H and O–H groups in total. The Kier molecular flexibility index (Phi) is 7.54. The van der Waals surface area contributed by atoms with Gasteiger partial charge >= 0.3 is 0 Å². The molecule has 4 heteroatoms. The monoisotopic (exact) mass is 420 g/mol. The molecule has 3 nitrogen and oxygen atoms in total. The number of aromatic nitrogens is 1. The third-order valence-corrected chi connectivity index (χ3v) is 6.68. The van der Waals surface area contributed by atoms with Gasteiger partial charge in [0.2, 0.25) is 5.91 Å². The third-order valence-electron chi connectivity index (χ3n) is 5.40. The number of nitrogens with one attached hydrogen (secondary N) is 1. The highest BCUT2D eigenvalue weighted by Crippen LogP contribution is 2.30. The second kappa shape index (κ2) is 10.1. The van der Waals surface area contributed by atoms with Gasteiger partial charge in [-0.2, -0.15) is 0 Å². The number of aryl methyl sites for hydroxylation is 4. The number of carbonyl (C=O) groups excluding carboxylic acids is 1. The quantitative estimate of drug-likeness (QED) is 0.398. The van der Waals surface area contributed by atoms with E-state index in [1.165, 1.54) is 40.5 Å². The van der Waals surface area contributed by atoms with Crippen LogP contribution in [0.2, 0.25) is 0 Å². The van der Waals surface area contributed by atoms with Gasteiger partial charge in [-0.25, -0.2) is 4.98 Å². The van der Waals surface area contributed by atoms with Gasteiger partial charge in [-0.3, -0.25) is 4.79 Å². The Labute approximate surface area is 184 Å². The predicted octanol–water partition coefficient (Wildman–Crippen LogP) is 7.01. The Hall–Kier alpha value is -2.33. The zero-order valence-electron chi connectivity index (χ0n) is 18.7. The number of hydrogen-bond donors (Lipinski definition) is 1. The number of hydrogen-bond acceptors (Lipinski definition) is 3. The fourth-order valence-corrected chi connectivity index (χ4v) is 4.71. The highest BCUT2D eigenvalue weighted by molar-refractivity contribution is 8.00. The van der Waals surface area contributed by atoms with Crippen molar-refractivity contribution in [3.63, 3.8) is 0 Å². The summed E-state index contributed by atoms with van der Waals surface area (Å²) >= 11 is 1.55. The van der Waals surface area contributed by atoms with Crippen molar-refractivity contribution >= 4 is 34.3 Å². The second-order valence-corrected chi connectivity index (χ2v) is 9.28. The minimum absolute atomic E-state index is 0.0315. The van der Waals surface area contributed by atoms with E-state index in [0.717, 1.165) is 29.1 Å². The van der Waals surface area contributed by atoms with E-state index in [-0.39, 0.29) is 11.2 Å². The first-order valence-corrected chi connectivity index (χ1v) is 11.7. The van der Waals surface area contributed by atoms with Crippen molar-refractivity contribution in [1.29, 1.82) is 0 Å². The molecule has 0 saturated carbocycles. The van der Waals surface area contributed by atoms with Crippen molar-refractivity contribution in [2.45, 2.75) is 70.6 Å². The van der Waals surface area contributed by atoms with E-state index in [1.54, 1.807) is 11.8 Å². The summed E-state index contributed by atoms with van der Waals surface area (Å²) in [6.07, 6.45) is 4.22. The number of nitrogens with zero attached hydrogens (tertiary/aromatic N) is 1. The summed E-state index contributed by atoms with van der Waals surface area (Å²) in [5.41, 5.74) is 6.83. The Morgan fingerprint density at radius 1 is 1.03 bits per heavy atom. The number of carbonyl (C=O) groups is 1. The Morgan fingerprint density at radius 3 is 2.43 bits per heavy atom. The van der Waals surface area contributed by atoms with Gasteiger partial charge in [0.15, 0.2) is 0 Å². The van der Waals surface area contributed by atoms with Gasteiger partial charge in [0.05, 0.1) is 15.8 Å². The summed E-state index contributed by atoms with van der Waals surface area (Å²) in [6, 6.07) is 14.7. The third kappa shape index (κ3) is 5.42. The molecule has 1 heterocycles. The van der Waals surface area contributed by atoms with Gasteiger partial charge in [0, 0.05) is 11.1 Å². The number of amides is 1. The second-order valence-electron chi connectivity index (χ2n) is 8.06. The van der Waals surface area contributed by atoms with Gasteiger partial charge in [-0.15, -0.1) is 0 Å². The first-order chi connectivity index (χ1) is 14.4. The van der Waals surface area contributed by atoms with Gasteiger partial charge in [-0.05, 0) is 81.0 Å². The zero-order valence-corrected chi connectivity index (χ0v) is 19.5. The molecule has 0 aliphatic heterocycles. The van der Waals surface area contributed by atoms with Crippen LogP contribution in [-0.2, 0) is 11.2 Å². The van der Waals surface area contributed by atoms with E-state index < -0.39 is 0 Å². The van der Waals surface area contributed by atoms with Crippen molar-refractivity contribution < 1.29 is 4.79 Å². The van der Waals surface area contributed by atoms with E-state index in [4.69, 9.17) is 4.98 Å². The number of pyridine rings is 1. The minimum atomic E-state index is -0.181. The van der Waals surface area contributed by atoms with Crippen LogP contribution in [-0.4, -0.2) is 16.1 Å². The Balaban J connectivity index is 1.74. The standard InChI is InChI=1S/C26H32N2OS/c1-6-8-9-20-10-12-21(13-11-20)27-26(29)23(7-2)30-24-16-18(4)22-15-17(3)14-19(5)25(22)28-24/h10-16,23H,6-9H2,1-5H3,(H,27,29). The SMILES string of the molecule is CCCCc1ccc(NC(=O)C(CC)Sc2cc(C)c3cc(C)cc(C)c3n2)cc1. The fraction of sp³-hybridized carbons (Fsp3) is 0.385. The lowest BCUT2D eigenvalue weighted by molar-refractivity contribution is -0.115. The predicted molar refractivity (Wildman–Crippen MR) is 130 cm³/mol. The van der Waals surface area contributed by atoms with Crippen molar-refractivity contribution in [2.75, 3.05) is 5.32 Å². The maximum atomic E-state index is 12.9. The van der Waals surface area contributed by atoms with E-state index in [0.29, 0.717) is 0 Å². The zero-order chi connectivity index (χ0) is 21.7. The van der Waals surface area contributed by atoms with Gasteiger partial charge in [0.1, 0.15) is 0 Å². The van der Waals surface area contributed by atoms with Crippen LogP contribution in [0, 0.1) is 20.8 Å². The van der Waals surface area contributed by atoms with Crippen LogP contribution in [0.5, 0.6) is 0 Å². The molecule has 158 valence electrons. The van der Waals surface area contributed by atoms with Crippen LogP contribution in [0.25, 0.3) is 10.9 Å². The van der Waals surface area contributed by atoms with Gasteiger partial charge in [-0.1, -0.05) is 55.8 Å². The summed E-state index contributed by atoms with van der Waals surface area (Å²) in [7, 11) is 0. The van der Waals surface area contributed by atoms with Crippen LogP contribution < -0.4 is 5.32 Å². The molecular weight excluding hydrogens is 388 g/mol. The highest BCUT2D eigenvalue weighted by atomic mass is 32.2. The Bertz CT molecular complexity index is 1030. The summed E-state index contributed by atoms with van der Waals surface area (Å²) < 4.78 is 0. The largest absolute Gasteiger partial charge is 0.325 e. The van der Waals surface area contributed by atoms with Gasteiger partial charge < -0.3 is 5.32 Å². The van der Waals surface area contributed by atoms with Gasteiger partial charge in [0.25, 0.3) is 0 Å². The lowest BCUT2D eigenvalue weighted by Crippen LogP contribution is -2.24. The van der Waals surface area contributed by atoms with Crippen LogP contribution in [0.4, 0.5) is 5.69 Å². The van der Waals surface area contributed by atoms with E-state index in [2.05, 4.69) is 63.3 Å². The van der Waals surface area contributed by atoms with E-state index in [9.17, 15) is 4.79 Å². The fourth-order valence-electron chi connectivity index (χ4n) is 3.70. The summed E-state index contributed by atoms with van der Waals surface area (Å²) in [4.78, 5) is 17.8. The summed E-state index contributed by atoms with van der Waals surface area (Å²) in [5, 5.41) is 5.00. The molecule has 0 fully saturated rings. The van der Waals surface area contributed by atoms with E-state index >= 15 is 0 Å². The molecule has 3 rings (SSSR count). The van der Waals surface area contributed by atoms with Crippen molar-refractivity contribution in [2.24, 2.45) is 0 Å². The number of unbranched alkanes of at least 4 members (excludes halogenated alkanes) is 1. The number of anilines is 1. The first kappa shape index (κ1) is 22.4. The summed E-state index contributed by atoms with van der Waals surface area (Å²) in [5.74, 6) is 0.0315. The minimum Gasteiger partial charge on any atom is -0.325 e. The topological polar surface area (TPSA) is 42.0 Å². The first-order valence-electron chi connectivity index (χ1n) is 10.9. The van der Waals surface area contributed by atoms with Crippen molar-refractivity contribution in [3.8, 4) is 0 Å². The van der Waals surface area contributed by atoms with Crippen molar-refractivity contribution in [3.05, 3.63) is 64.7 Å². The molecule has 0 radical (unpaired) electrons. The number of thioether (sulfide) groups is 1. The lowest BCUT2D eigenvalue weighted by Gasteiger charge is -2.16. The van der Waals surface area contributed by atoms with Crippen LogP contribution in [0.1, 0.15) is 55.4 Å². The lowest BCUT2D eigenvalue weighted by atomic mass is 10.0. The number of benzene rings is 2. The maximum absolute atomic E-state index is 12.9. The Morgan fingerprint density at radius 2 is 1.77 bits per heavy atom. The molecule has 1 unspecified atom stereocenters. The molecule has 3 aromatic rings. The highest BCUT2D eigenvalue weighted by Gasteiger charge is 2.20. The van der Waals surface area contributed by atoms with E-state index in [1.807, 2.05) is 19.1 Å². The summed E-state index contributed by atoms with van der Waals surface area (Å²) in [6.45, 7) is 10.6. The smallest absolute Gasteiger partial charge is 0.237 e. The average molecular weight is 421 g/mol. The average Bonchev–Trinajstić information content (AvgIpc) is 2.72. The van der Waals surface area contributed by atoms with Crippen LogP contribution in [0.3, 0.4) is 0 Å². The molecule has 2 aromatic carbocycles. The maximum Gasteiger partial charge on any atom is 0.237 e. The van der Waals surface area contributed by atoms with Crippen molar-refractivity contribution in [1.82, 2.24) is 4.98 Å². The normalized spacial score (nSPS) is 12.2. The van der Waals surface area contributed by atoms with Crippen LogP contribution >= 0.6 is 11.8 Å². The molecule has 0 saturated heterocycles. The number of rotatable bonds is 8. The molecular formula is C26H32N2OS. The molecule has 1 amide bonds. The van der Waals surface area contributed by atoms with Crippen LogP contribution in [0.15, 0.2) is 47.5 Å². The molecule has 0 spiro atoms. The molecule has 0 aliphatic carbocycles. The molecule has 1 aromatic heterocycles. The molecule has 0 aliphatic rings.